The highest BCUT2D eigenvalue weighted by Crippen LogP contribution is 2.40. The number of aryl methyl sites for hydroxylation is 1. The predicted octanol–water partition coefficient (Wildman–Crippen LogP) is 1.72. The summed E-state index contributed by atoms with van der Waals surface area (Å²) in [4.78, 5) is 12.3. The van der Waals surface area contributed by atoms with Gasteiger partial charge in [-0.3, -0.25) is 4.79 Å². The Kier molecular flexibility index (Phi) is 3.78. The zero-order chi connectivity index (χ0) is 15.6. The maximum atomic E-state index is 13.9. The Hall–Kier alpha value is -2.45. The minimum Gasteiger partial charge on any atom is -0.308 e. The van der Waals surface area contributed by atoms with Gasteiger partial charge in [0.15, 0.2) is 7.14 Å². The SMILES string of the molecule is Cc1cc(P(=O)(c2ccccc2)c2ccccc2)c(=O)[nH]n1. The smallest absolute Gasteiger partial charge is 0.275 e. The molecular weight excluding hydrogens is 295 g/mol. The number of nitrogens with one attached hydrogen (secondary N) is 1. The second kappa shape index (κ2) is 5.74. The minimum atomic E-state index is -3.22. The molecule has 0 spiro atoms. The van der Waals surface area contributed by atoms with E-state index in [0.29, 0.717) is 16.3 Å². The molecule has 2 aromatic carbocycles. The van der Waals surface area contributed by atoms with Gasteiger partial charge in [0.1, 0.15) is 0 Å². The van der Waals surface area contributed by atoms with Crippen LogP contribution in [0.2, 0.25) is 0 Å². The van der Waals surface area contributed by atoms with Gasteiger partial charge in [-0.05, 0) is 13.0 Å². The highest BCUT2D eigenvalue weighted by atomic mass is 31.2. The van der Waals surface area contributed by atoms with E-state index in [4.69, 9.17) is 0 Å². The van der Waals surface area contributed by atoms with Crippen LogP contribution in [0.5, 0.6) is 0 Å². The lowest BCUT2D eigenvalue weighted by Gasteiger charge is -2.19. The van der Waals surface area contributed by atoms with Gasteiger partial charge in [-0.25, -0.2) is 5.10 Å². The molecule has 0 radical (unpaired) electrons. The molecule has 0 saturated carbocycles. The van der Waals surface area contributed by atoms with Crippen LogP contribution in [0.15, 0.2) is 71.5 Å². The van der Waals surface area contributed by atoms with Crippen molar-refractivity contribution in [2.24, 2.45) is 0 Å². The maximum Gasteiger partial charge on any atom is 0.275 e. The van der Waals surface area contributed by atoms with Crippen LogP contribution in [0.4, 0.5) is 0 Å². The molecule has 0 saturated heterocycles. The molecule has 4 nitrogen and oxygen atoms in total. The lowest BCUT2D eigenvalue weighted by atomic mass is 10.4. The van der Waals surface area contributed by atoms with E-state index >= 15 is 0 Å². The summed E-state index contributed by atoms with van der Waals surface area (Å²) in [6.07, 6.45) is 0. The molecule has 110 valence electrons. The number of benzene rings is 2. The average molecular weight is 310 g/mol. The molecule has 0 unspecified atom stereocenters. The van der Waals surface area contributed by atoms with Crippen LogP contribution in [-0.2, 0) is 4.57 Å². The fourth-order valence-corrected chi connectivity index (χ4v) is 5.17. The van der Waals surface area contributed by atoms with Crippen molar-refractivity contribution in [3.63, 3.8) is 0 Å². The van der Waals surface area contributed by atoms with E-state index in [1.165, 1.54) is 0 Å². The number of nitrogens with zero attached hydrogens (tertiary/aromatic N) is 1. The molecule has 3 rings (SSSR count). The van der Waals surface area contributed by atoms with Gasteiger partial charge in [0.2, 0.25) is 0 Å². The molecule has 1 N–H and O–H groups in total. The molecule has 0 fully saturated rings. The monoisotopic (exact) mass is 310 g/mol. The molecule has 0 aliphatic carbocycles. The first-order valence-corrected chi connectivity index (χ1v) is 8.61. The van der Waals surface area contributed by atoms with Crippen molar-refractivity contribution in [2.45, 2.75) is 6.92 Å². The number of hydrogen-bond donors (Lipinski definition) is 1. The third kappa shape index (κ3) is 2.42. The van der Waals surface area contributed by atoms with E-state index < -0.39 is 12.7 Å². The third-order valence-electron chi connectivity index (χ3n) is 3.49. The van der Waals surface area contributed by atoms with Gasteiger partial charge in [0, 0.05) is 10.6 Å². The van der Waals surface area contributed by atoms with Gasteiger partial charge in [-0.1, -0.05) is 60.7 Å². The van der Waals surface area contributed by atoms with Gasteiger partial charge in [0.25, 0.3) is 5.56 Å². The zero-order valence-corrected chi connectivity index (χ0v) is 13.0. The Morgan fingerprint density at radius 3 is 1.91 bits per heavy atom. The molecule has 0 aliphatic heterocycles. The number of aromatic nitrogens is 2. The van der Waals surface area contributed by atoms with Crippen molar-refractivity contribution < 1.29 is 4.57 Å². The molecule has 0 aliphatic rings. The van der Waals surface area contributed by atoms with E-state index in [0.717, 1.165) is 0 Å². The van der Waals surface area contributed by atoms with E-state index in [1.807, 2.05) is 36.4 Å². The first-order valence-electron chi connectivity index (χ1n) is 6.90. The number of hydrogen-bond acceptors (Lipinski definition) is 3. The second-order valence-corrected chi connectivity index (χ2v) is 7.74. The molecule has 0 atom stereocenters. The van der Waals surface area contributed by atoms with Crippen LogP contribution < -0.4 is 21.5 Å². The summed E-state index contributed by atoms with van der Waals surface area (Å²) < 4.78 is 13.9. The van der Waals surface area contributed by atoms with Gasteiger partial charge < -0.3 is 4.57 Å². The molecule has 22 heavy (non-hydrogen) atoms. The van der Waals surface area contributed by atoms with E-state index in [9.17, 15) is 9.36 Å². The highest BCUT2D eigenvalue weighted by molar-refractivity contribution is 7.85. The fourth-order valence-electron chi connectivity index (χ4n) is 2.43. The molecule has 1 aromatic heterocycles. The topological polar surface area (TPSA) is 62.8 Å². The van der Waals surface area contributed by atoms with Crippen molar-refractivity contribution in [1.82, 2.24) is 10.2 Å². The molecule has 1 heterocycles. The molecular formula is C17H15N2O2P. The highest BCUT2D eigenvalue weighted by Gasteiger charge is 2.32. The third-order valence-corrected chi connectivity index (χ3v) is 6.55. The van der Waals surface area contributed by atoms with Gasteiger partial charge in [-0.2, -0.15) is 5.10 Å². The molecule has 3 aromatic rings. The van der Waals surface area contributed by atoms with Gasteiger partial charge >= 0.3 is 0 Å². The van der Waals surface area contributed by atoms with Gasteiger partial charge in [0.05, 0.1) is 11.0 Å². The summed E-state index contributed by atoms with van der Waals surface area (Å²) in [5.74, 6) is 0. The van der Waals surface area contributed by atoms with Crippen molar-refractivity contribution in [3.05, 3.63) is 82.8 Å². The first kappa shape index (κ1) is 14.5. The summed E-state index contributed by atoms with van der Waals surface area (Å²) in [6.45, 7) is 1.76. The number of rotatable bonds is 3. The molecule has 0 bridgehead atoms. The van der Waals surface area contributed by atoms with Crippen LogP contribution in [0.3, 0.4) is 0 Å². The zero-order valence-electron chi connectivity index (χ0n) is 12.1. The minimum absolute atomic E-state index is 0.261. The van der Waals surface area contributed by atoms with Crippen molar-refractivity contribution in [3.8, 4) is 0 Å². The standard InChI is InChI=1S/C17H15N2O2P/c1-13-12-16(17(20)19-18-13)22(21,14-8-4-2-5-9-14)15-10-6-3-7-11-15/h2-12H,1H3,(H,19,20). The molecule has 0 amide bonds. The van der Waals surface area contributed by atoms with Crippen LogP contribution in [-0.4, -0.2) is 10.2 Å². The Labute approximate surface area is 128 Å². The lowest BCUT2D eigenvalue weighted by molar-refractivity contribution is 0.592. The number of H-pyrrole nitrogens is 1. The first-order chi connectivity index (χ1) is 10.6. The summed E-state index contributed by atoms with van der Waals surface area (Å²) in [5, 5.41) is 7.85. The summed E-state index contributed by atoms with van der Waals surface area (Å²) in [7, 11) is -3.22. The maximum absolute atomic E-state index is 13.9. The van der Waals surface area contributed by atoms with E-state index in [2.05, 4.69) is 10.2 Å². The Morgan fingerprint density at radius 1 is 0.909 bits per heavy atom. The Morgan fingerprint density at radius 2 is 1.41 bits per heavy atom. The average Bonchev–Trinajstić information content (AvgIpc) is 2.58. The van der Waals surface area contributed by atoms with E-state index in [1.54, 1.807) is 37.3 Å². The van der Waals surface area contributed by atoms with E-state index in [-0.39, 0.29) is 5.30 Å². The summed E-state index contributed by atoms with van der Waals surface area (Å²) in [5.41, 5.74) is 0.211. The molecule has 5 heteroatoms. The van der Waals surface area contributed by atoms with Crippen LogP contribution >= 0.6 is 7.14 Å². The number of aromatic amines is 1. The quantitative estimate of drug-likeness (QED) is 0.749. The Balaban J connectivity index is 2.37. The van der Waals surface area contributed by atoms with Crippen LogP contribution in [0, 0.1) is 6.92 Å². The van der Waals surface area contributed by atoms with Crippen molar-refractivity contribution in [2.75, 3.05) is 0 Å². The lowest BCUT2D eigenvalue weighted by Crippen LogP contribution is -2.36. The fraction of sp³-hybridized carbons (Fsp3) is 0.0588. The van der Waals surface area contributed by atoms with Crippen molar-refractivity contribution >= 4 is 23.1 Å². The Bertz CT molecular complexity index is 846. The normalized spacial score (nSPS) is 11.3. The van der Waals surface area contributed by atoms with Crippen molar-refractivity contribution in [1.29, 1.82) is 0 Å². The summed E-state index contributed by atoms with van der Waals surface area (Å²) >= 11 is 0. The summed E-state index contributed by atoms with van der Waals surface area (Å²) in [6, 6.07) is 19.8. The second-order valence-electron chi connectivity index (χ2n) is 5.00. The largest absolute Gasteiger partial charge is 0.308 e. The van der Waals surface area contributed by atoms with Crippen LogP contribution in [0.1, 0.15) is 5.69 Å². The van der Waals surface area contributed by atoms with Crippen LogP contribution in [0.25, 0.3) is 0 Å². The predicted molar refractivity (Wildman–Crippen MR) is 89.0 cm³/mol. The van der Waals surface area contributed by atoms with Gasteiger partial charge in [-0.15, -0.1) is 0 Å².